The van der Waals surface area contributed by atoms with Crippen molar-refractivity contribution in [1.82, 2.24) is 5.32 Å². The van der Waals surface area contributed by atoms with Crippen LogP contribution in [-0.4, -0.2) is 25.2 Å². The maximum atomic E-state index is 3.74. The smallest absolute Gasteiger partial charge is 0.0541 e. The first-order chi connectivity index (χ1) is 8.97. The number of anilines is 1. The lowest BCUT2D eigenvalue weighted by Gasteiger charge is -2.37. The Hall–Kier alpha value is -0.540. The van der Waals surface area contributed by atoms with Crippen LogP contribution in [0.4, 0.5) is 5.69 Å². The van der Waals surface area contributed by atoms with Crippen molar-refractivity contribution in [2.45, 2.75) is 52.6 Å². The van der Waals surface area contributed by atoms with Crippen LogP contribution in [0.2, 0.25) is 0 Å². The maximum Gasteiger partial charge on any atom is 0.0541 e. The molecule has 1 heterocycles. The van der Waals surface area contributed by atoms with Crippen molar-refractivity contribution in [3.63, 3.8) is 0 Å². The third-order valence-corrected chi connectivity index (χ3v) is 4.31. The van der Waals surface area contributed by atoms with Crippen molar-refractivity contribution >= 4 is 21.6 Å². The fourth-order valence-corrected chi connectivity index (χ4v) is 4.02. The number of hydrogen-bond acceptors (Lipinski definition) is 2. The molecule has 1 atom stereocenters. The predicted molar refractivity (Wildman–Crippen MR) is 87.1 cm³/mol. The van der Waals surface area contributed by atoms with E-state index in [1.807, 2.05) is 0 Å². The summed E-state index contributed by atoms with van der Waals surface area (Å²) in [4.78, 5) is 2.53. The molecule has 1 N–H and O–H groups in total. The van der Waals surface area contributed by atoms with Gasteiger partial charge in [0.15, 0.2) is 0 Å². The Bertz CT molecular complexity index is 419. The molecule has 0 saturated carbocycles. The lowest BCUT2D eigenvalue weighted by atomic mass is 10.0. The average Bonchev–Trinajstić information content (AvgIpc) is 2.26. The first kappa shape index (κ1) is 14.9. The quantitative estimate of drug-likeness (QED) is 0.902. The van der Waals surface area contributed by atoms with E-state index in [0.29, 0.717) is 12.1 Å². The van der Waals surface area contributed by atoms with E-state index in [1.54, 1.807) is 0 Å². The largest absolute Gasteiger partial charge is 0.369 e. The predicted octanol–water partition coefficient (Wildman–Crippen LogP) is 4.03. The Morgan fingerprint density at radius 1 is 1.32 bits per heavy atom. The summed E-state index contributed by atoms with van der Waals surface area (Å²) >= 11 is 3.74. The second-order valence-electron chi connectivity index (χ2n) is 6.02. The summed E-state index contributed by atoms with van der Waals surface area (Å²) in [5.41, 5.74) is 4.07. The molecule has 1 aromatic rings. The van der Waals surface area contributed by atoms with Gasteiger partial charge in [-0.3, -0.25) is 0 Å². The van der Waals surface area contributed by atoms with E-state index in [0.717, 1.165) is 6.54 Å². The van der Waals surface area contributed by atoms with Gasteiger partial charge in [0, 0.05) is 29.6 Å². The lowest BCUT2D eigenvalue weighted by molar-refractivity contribution is 0.394. The summed E-state index contributed by atoms with van der Waals surface area (Å²) in [5.74, 6) is 0. The van der Waals surface area contributed by atoms with Crippen LogP contribution < -0.4 is 10.2 Å². The zero-order valence-corrected chi connectivity index (χ0v) is 14.0. The third kappa shape index (κ3) is 3.73. The van der Waals surface area contributed by atoms with Gasteiger partial charge in [-0.1, -0.05) is 19.9 Å². The molecule has 0 radical (unpaired) electrons. The molecule has 0 bridgehead atoms. The van der Waals surface area contributed by atoms with Crippen LogP contribution in [0.5, 0.6) is 0 Å². The molecule has 2 rings (SSSR count). The van der Waals surface area contributed by atoms with Crippen LogP contribution in [0.25, 0.3) is 0 Å². The molecule has 1 aromatic carbocycles. The molecule has 2 nitrogen and oxygen atoms in total. The third-order valence-electron chi connectivity index (χ3n) is 3.70. The molecule has 1 unspecified atom stereocenters. The minimum atomic E-state index is 0.563. The fourth-order valence-electron chi connectivity index (χ4n) is 3.10. The van der Waals surface area contributed by atoms with Crippen molar-refractivity contribution in [1.29, 1.82) is 0 Å². The van der Waals surface area contributed by atoms with Crippen molar-refractivity contribution in [3.8, 4) is 0 Å². The van der Waals surface area contributed by atoms with Crippen molar-refractivity contribution in [2.75, 3.05) is 18.0 Å². The molecule has 19 heavy (non-hydrogen) atoms. The van der Waals surface area contributed by atoms with E-state index >= 15 is 0 Å². The van der Waals surface area contributed by atoms with Gasteiger partial charge < -0.3 is 10.2 Å². The normalized spacial score (nSPS) is 20.1. The monoisotopic (exact) mass is 324 g/mol. The van der Waals surface area contributed by atoms with Gasteiger partial charge in [0.05, 0.1) is 5.69 Å². The van der Waals surface area contributed by atoms with Gasteiger partial charge >= 0.3 is 0 Å². The van der Waals surface area contributed by atoms with E-state index in [2.05, 4.69) is 66.0 Å². The lowest BCUT2D eigenvalue weighted by Crippen LogP contribution is -2.48. The van der Waals surface area contributed by atoms with E-state index < -0.39 is 0 Å². The number of nitrogens with zero attached hydrogens (tertiary/aromatic N) is 1. The zero-order valence-electron chi connectivity index (χ0n) is 12.5. The second kappa shape index (κ2) is 6.27. The van der Waals surface area contributed by atoms with Crippen LogP contribution in [0, 0.1) is 13.8 Å². The van der Waals surface area contributed by atoms with Gasteiger partial charge in [-0.05, 0) is 59.8 Å². The van der Waals surface area contributed by atoms with Gasteiger partial charge in [0.2, 0.25) is 0 Å². The molecule has 0 aliphatic carbocycles. The Morgan fingerprint density at radius 2 is 2.05 bits per heavy atom. The second-order valence-corrected chi connectivity index (χ2v) is 6.87. The Morgan fingerprint density at radius 3 is 2.68 bits per heavy atom. The first-order valence-corrected chi connectivity index (χ1v) is 8.04. The Kier molecular flexibility index (Phi) is 4.91. The van der Waals surface area contributed by atoms with Gasteiger partial charge in [-0.25, -0.2) is 0 Å². The molecular formula is C16H25BrN2. The highest BCUT2D eigenvalue weighted by molar-refractivity contribution is 9.10. The summed E-state index contributed by atoms with van der Waals surface area (Å²) in [6.07, 6.45) is 2.56. The number of benzene rings is 1. The van der Waals surface area contributed by atoms with Gasteiger partial charge in [0.25, 0.3) is 0 Å². The zero-order chi connectivity index (χ0) is 14.0. The average molecular weight is 325 g/mol. The number of rotatable bonds is 3. The standard InChI is InChI=1S/C16H25BrN2/c1-11(2)18-14-6-5-7-19(10-14)16-13(4)8-12(3)9-15(16)17/h8-9,11,14,18H,5-7,10H2,1-4H3. The highest BCUT2D eigenvalue weighted by Crippen LogP contribution is 2.33. The van der Waals surface area contributed by atoms with E-state index in [4.69, 9.17) is 0 Å². The SMILES string of the molecule is Cc1cc(C)c(N2CCCC(NC(C)C)C2)c(Br)c1. The number of hydrogen-bond donors (Lipinski definition) is 1. The summed E-state index contributed by atoms with van der Waals surface area (Å²) in [5, 5.41) is 3.67. The van der Waals surface area contributed by atoms with Crippen molar-refractivity contribution < 1.29 is 0 Å². The molecule has 0 amide bonds. The molecule has 1 aliphatic heterocycles. The molecule has 1 aliphatic rings. The summed E-state index contributed by atoms with van der Waals surface area (Å²) in [6, 6.07) is 5.68. The molecule has 1 saturated heterocycles. The highest BCUT2D eigenvalue weighted by Gasteiger charge is 2.22. The maximum absolute atomic E-state index is 3.74. The van der Waals surface area contributed by atoms with Gasteiger partial charge in [0.1, 0.15) is 0 Å². The summed E-state index contributed by atoms with van der Waals surface area (Å²) < 4.78 is 1.23. The van der Waals surface area contributed by atoms with Crippen molar-refractivity contribution in [3.05, 3.63) is 27.7 Å². The number of aryl methyl sites for hydroxylation is 2. The summed E-state index contributed by atoms with van der Waals surface area (Å²) in [6.45, 7) is 11.1. The van der Waals surface area contributed by atoms with Crippen LogP contribution in [0.15, 0.2) is 16.6 Å². The molecule has 106 valence electrons. The summed E-state index contributed by atoms with van der Waals surface area (Å²) in [7, 11) is 0. The van der Waals surface area contributed by atoms with Gasteiger partial charge in [-0.15, -0.1) is 0 Å². The highest BCUT2D eigenvalue weighted by atomic mass is 79.9. The van der Waals surface area contributed by atoms with E-state index in [9.17, 15) is 0 Å². The molecule has 1 fully saturated rings. The Labute approximate surface area is 125 Å². The van der Waals surface area contributed by atoms with E-state index in [-0.39, 0.29) is 0 Å². The first-order valence-electron chi connectivity index (χ1n) is 7.25. The molecular weight excluding hydrogens is 300 g/mol. The minimum absolute atomic E-state index is 0.563. The minimum Gasteiger partial charge on any atom is -0.369 e. The fraction of sp³-hybridized carbons (Fsp3) is 0.625. The number of halogens is 1. The van der Waals surface area contributed by atoms with Crippen LogP contribution >= 0.6 is 15.9 Å². The van der Waals surface area contributed by atoms with Crippen LogP contribution in [0.1, 0.15) is 37.8 Å². The molecule has 0 spiro atoms. The van der Waals surface area contributed by atoms with Gasteiger partial charge in [-0.2, -0.15) is 0 Å². The molecule has 3 heteroatoms. The molecule has 0 aromatic heterocycles. The number of nitrogens with one attached hydrogen (secondary N) is 1. The number of piperidine rings is 1. The van der Waals surface area contributed by atoms with Crippen LogP contribution in [-0.2, 0) is 0 Å². The Balaban J connectivity index is 2.17. The van der Waals surface area contributed by atoms with E-state index in [1.165, 1.54) is 40.7 Å². The topological polar surface area (TPSA) is 15.3 Å². The van der Waals surface area contributed by atoms with Crippen LogP contribution in [0.3, 0.4) is 0 Å². The van der Waals surface area contributed by atoms with Crippen molar-refractivity contribution in [2.24, 2.45) is 0 Å².